The molecule has 2 aliphatic rings. The lowest BCUT2D eigenvalue weighted by Crippen LogP contribution is -2.62. The number of carboxylic acids is 1. The van der Waals surface area contributed by atoms with Crippen LogP contribution in [0.1, 0.15) is 24.5 Å². The van der Waals surface area contributed by atoms with Crippen LogP contribution in [0.5, 0.6) is 0 Å². The number of aromatic nitrogens is 1. The number of aryl methyl sites for hydroxylation is 2. The lowest BCUT2D eigenvalue weighted by atomic mass is 9.83. The van der Waals surface area contributed by atoms with Crippen LogP contribution in [0.2, 0.25) is 0 Å². The Bertz CT molecular complexity index is 744. The standard InChI is InChI=1S/C17H20N2O4S/c1-9-7-18(3)5-4-11(9)8-24-13-6-12-14(10(2)20)16(21)19(12)15(13)17(22)23/h4-5,7,10,12,14,20H,6,8H2,1-3H3/t10?,12-,14-/m1/s1. The predicted octanol–water partition coefficient (Wildman–Crippen LogP) is -0.374. The number of fused-ring (bicyclic) bond motifs is 1. The van der Waals surface area contributed by atoms with Crippen molar-refractivity contribution >= 4 is 23.6 Å². The molecule has 1 aromatic rings. The van der Waals surface area contributed by atoms with Crippen LogP contribution >= 0.6 is 11.8 Å². The van der Waals surface area contributed by atoms with Crippen molar-refractivity contribution in [2.75, 3.05) is 0 Å². The molecule has 0 bridgehead atoms. The van der Waals surface area contributed by atoms with Crippen LogP contribution in [-0.2, 0) is 22.4 Å². The van der Waals surface area contributed by atoms with Crippen LogP contribution in [0.3, 0.4) is 0 Å². The fraction of sp³-hybridized carbons (Fsp3) is 0.471. The van der Waals surface area contributed by atoms with Crippen molar-refractivity contribution in [2.45, 2.75) is 38.2 Å². The van der Waals surface area contributed by atoms with Gasteiger partial charge in [0.15, 0.2) is 12.4 Å². The first-order valence-electron chi connectivity index (χ1n) is 7.84. The molecule has 3 atom stereocenters. The van der Waals surface area contributed by atoms with Crippen molar-refractivity contribution in [3.8, 4) is 0 Å². The summed E-state index contributed by atoms with van der Waals surface area (Å²) in [6, 6.07) is 1.75. The molecule has 0 aliphatic carbocycles. The van der Waals surface area contributed by atoms with Crippen molar-refractivity contribution in [3.05, 3.63) is 40.2 Å². The number of β-lactam (4-membered cyclic amide) rings is 1. The number of nitrogens with zero attached hydrogens (tertiary/aromatic N) is 2. The summed E-state index contributed by atoms with van der Waals surface area (Å²) in [4.78, 5) is 25.6. The largest absolute Gasteiger partial charge is 0.543 e. The number of hydrogen-bond acceptors (Lipinski definition) is 5. The molecule has 24 heavy (non-hydrogen) atoms. The molecule has 1 aromatic heterocycles. The fourth-order valence-corrected chi connectivity index (χ4v) is 4.71. The summed E-state index contributed by atoms with van der Waals surface area (Å²) in [6.07, 6.45) is 3.65. The molecule has 0 aromatic carbocycles. The maximum absolute atomic E-state index is 12.1. The van der Waals surface area contributed by atoms with Crippen LogP contribution < -0.4 is 9.67 Å². The number of carboxylic acid groups (broad SMARTS) is 1. The van der Waals surface area contributed by atoms with E-state index < -0.39 is 18.0 Å². The van der Waals surface area contributed by atoms with Gasteiger partial charge >= 0.3 is 0 Å². The van der Waals surface area contributed by atoms with E-state index in [2.05, 4.69) is 0 Å². The Morgan fingerprint density at radius 3 is 2.88 bits per heavy atom. The maximum Gasteiger partial charge on any atom is 0.235 e. The van der Waals surface area contributed by atoms with E-state index in [4.69, 9.17) is 0 Å². The van der Waals surface area contributed by atoms with Crippen LogP contribution in [0.4, 0.5) is 0 Å². The summed E-state index contributed by atoms with van der Waals surface area (Å²) in [5, 5.41) is 21.2. The molecule has 1 saturated heterocycles. The van der Waals surface area contributed by atoms with Crippen molar-refractivity contribution < 1.29 is 24.4 Å². The van der Waals surface area contributed by atoms with Gasteiger partial charge in [-0.1, -0.05) is 0 Å². The van der Waals surface area contributed by atoms with Crippen molar-refractivity contribution in [3.63, 3.8) is 0 Å². The van der Waals surface area contributed by atoms with Gasteiger partial charge in [0.2, 0.25) is 5.91 Å². The lowest BCUT2D eigenvalue weighted by Gasteiger charge is -2.45. The molecule has 1 amide bonds. The predicted molar refractivity (Wildman–Crippen MR) is 86.1 cm³/mol. The number of carbonyl (C=O) groups is 2. The Labute approximate surface area is 144 Å². The third kappa shape index (κ3) is 2.71. The maximum atomic E-state index is 12.1. The summed E-state index contributed by atoms with van der Waals surface area (Å²) in [6.45, 7) is 3.58. The van der Waals surface area contributed by atoms with Crippen LogP contribution in [0.15, 0.2) is 29.1 Å². The summed E-state index contributed by atoms with van der Waals surface area (Å²) in [7, 11) is 1.95. The number of aliphatic hydroxyl groups excluding tert-OH is 1. The van der Waals surface area contributed by atoms with E-state index in [-0.39, 0.29) is 17.6 Å². The summed E-state index contributed by atoms with van der Waals surface area (Å²) >= 11 is 1.43. The van der Waals surface area contributed by atoms with Gasteiger partial charge in [-0.05, 0) is 19.4 Å². The van der Waals surface area contributed by atoms with Crippen molar-refractivity contribution in [2.24, 2.45) is 13.0 Å². The van der Waals surface area contributed by atoms with Gasteiger partial charge in [-0.25, -0.2) is 4.57 Å². The molecule has 128 valence electrons. The topological polar surface area (TPSA) is 84.5 Å². The molecule has 3 heterocycles. The van der Waals surface area contributed by atoms with Crippen LogP contribution in [-0.4, -0.2) is 34.0 Å². The first-order chi connectivity index (χ1) is 11.3. The molecule has 1 N–H and O–H groups in total. The highest BCUT2D eigenvalue weighted by Gasteiger charge is 2.55. The second kappa shape index (κ2) is 6.22. The number of amides is 1. The summed E-state index contributed by atoms with van der Waals surface area (Å²) in [5.74, 6) is -1.54. The van der Waals surface area contributed by atoms with Gasteiger partial charge in [-0.3, -0.25) is 4.79 Å². The molecule has 6 nitrogen and oxygen atoms in total. The number of aliphatic carboxylic acids is 1. The average molecular weight is 348 g/mol. The minimum absolute atomic E-state index is 0.0222. The van der Waals surface area contributed by atoms with Gasteiger partial charge in [0.25, 0.3) is 0 Å². The Hall–Kier alpha value is -1.86. The van der Waals surface area contributed by atoms with E-state index in [0.717, 1.165) is 11.1 Å². The number of pyridine rings is 1. The van der Waals surface area contributed by atoms with E-state index in [1.54, 1.807) is 6.92 Å². The zero-order chi connectivity index (χ0) is 17.6. The Balaban J connectivity index is 1.80. The highest BCUT2D eigenvalue weighted by Crippen LogP contribution is 2.47. The van der Waals surface area contributed by atoms with E-state index in [1.807, 2.05) is 37.0 Å². The molecule has 1 fully saturated rings. The van der Waals surface area contributed by atoms with Gasteiger partial charge in [-0.15, -0.1) is 11.8 Å². The molecular weight excluding hydrogens is 328 g/mol. The minimum Gasteiger partial charge on any atom is -0.543 e. The zero-order valence-electron chi connectivity index (χ0n) is 13.9. The highest BCUT2D eigenvalue weighted by atomic mass is 32.2. The van der Waals surface area contributed by atoms with Crippen molar-refractivity contribution in [1.29, 1.82) is 0 Å². The summed E-state index contributed by atoms with van der Waals surface area (Å²) in [5.41, 5.74) is 2.23. The Kier molecular flexibility index (Phi) is 4.40. The Morgan fingerprint density at radius 1 is 1.58 bits per heavy atom. The van der Waals surface area contributed by atoms with E-state index in [0.29, 0.717) is 17.1 Å². The quantitative estimate of drug-likeness (QED) is 0.580. The minimum atomic E-state index is -1.33. The highest BCUT2D eigenvalue weighted by molar-refractivity contribution is 8.02. The molecule has 1 unspecified atom stereocenters. The lowest BCUT2D eigenvalue weighted by molar-refractivity contribution is -0.671. The van der Waals surface area contributed by atoms with Crippen LogP contribution in [0.25, 0.3) is 0 Å². The third-order valence-electron chi connectivity index (χ3n) is 4.70. The van der Waals surface area contributed by atoms with Gasteiger partial charge in [0.05, 0.1) is 29.7 Å². The zero-order valence-corrected chi connectivity index (χ0v) is 14.7. The molecule has 0 spiro atoms. The number of aliphatic hydroxyl groups is 1. The molecule has 2 aliphatic heterocycles. The molecule has 7 heteroatoms. The van der Waals surface area contributed by atoms with Gasteiger partial charge in [-0.2, -0.15) is 0 Å². The second-order valence-corrected chi connectivity index (χ2v) is 7.48. The van der Waals surface area contributed by atoms with E-state index in [9.17, 15) is 19.8 Å². The second-order valence-electron chi connectivity index (χ2n) is 6.41. The fourth-order valence-electron chi connectivity index (χ4n) is 3.45. The van der Waals surface area contributed by atoms with Gasteiger partial charge in [0, 0.05) is 28.7 Å². The van der Waals surface area contributed by atoms with Crippen molar-refractivity contribution in [1.82, 2.24) is 4.90 Å². The molecule has 0 radical (unpaired) electrons. The van der Waals surface area contributed by atoms with E-state index in [1.165, 1.54) is 16.7 Å². The molecule has 3 rings (SSSR count). The molecule has 0 saturated carbocycles. The normalized spacial score (nSPS) is 24.0. The number of rotatable bonds is 5. The van der Waals surface area contributed by atoms with Gasteiger partial charge in [0.1, 0.15) is 7.05 Å². The number of thioether (sulfide) groups is 1. The monoisotopic (exact) mass is 348 g/mol. The molecular formula is C17H20N2O4S. The smallest absolute Gasteiger partial charge is 0.235 e. The third-order valence-corrected chi connectivity index (χ3v) is 5.86. The van der Waals surface area contributed by atoms with Crippen LogP contribution in [0, 0.1) is 12.8 Å². The first kappa shape index (κ1) is 17.0. The number of hydrogen-bond donors (Lipinski definition) is 1. The SMILES string of the molecule is Cc1c[n+](C)ccc1CSC1=C(C(=O)[O-])N2C(=O)[C@H](C(C)O)[C@H]2C1. The average Bonchev–Trinajstić information content (AvgIpc) is 2.80. The van der Waals surface area contributed by atoms with Gasteiger partial charge < -0.3 is 19.9 Å². The number of carbonyl (C=O) groups excluding carboxylic acids is 2. The Morgan fingerprint density at radius 2 is 2.29 bits per heavy atom. The summed E-state index contributed by atoms with van der Waals surface area (Å²) < 4.78 is 1.96. The first-order valence-corrected chi connectivity index (χ1v) is 8.83. The van der Waals surface area contributed by atoms with E-state index >= 15 is 0 Å².